The zero-order valence-corrected chi connectivity index (χ0v) is 32.6. The second-order valence-corrected chi connectivity index (χ2v) is 14.6. The second kappa shape index (κ2) is 39.4. The van der Waals surface area contributed by atoms with Crippen LogP contribution in [0.25, 0.3) is 0 Å². The summed E-state index contributed by atoms with van der Waals surface area (Å²) >= 11 is 0. The topological polar surface area (TPSA) is 89.8 Å². The molecule has 288 valence electrons. The molecule has 5 heteroatoms. The lowest BCUT2D eigenvalue weighted by Gasteiger charge is -2.21. The Morgan fingerprint density at radius 1 is 0.531 bits per heavy atom. The third kappa shape index (κ3) is 36.2. The molecule has 0 aromatic heterocycles. The van der Waals surface area contributed by atoms with Crippen LogP contribution in [0.15, 0.2) is 36.5 Å². The Morgan fingerprint density at radius 3 is 1.35 bits per heavy atom. The number of amides is 1. The van der Waals surface area contributed by atoms with Crippen molar-refractivity contribution in [2.45, 2.75) is 231 Å². The van der Waals surface area contributed by atoms with Crippen molar-refractivity contribution in [2.24, 2.45) is 0 Å². The largest absolute Gasteiger partial charge is 0.394 e. The molecule has 1 amide bonds. The van der Waals surface area contributed by atoms with Gasteiger partial charge in [0.25, 0.3) is 0 Å². The summed E-state index contributed by atoms with van der Waals surface area (Å²) in [7, 11) is 0. The van der Waals surface area contributed by atoms with E-state index in [1.165, 1.54) is 141 Å². The minimum absolute atomic E-state index is 0.00408. The Kier molecular flexibility index (Phi) is 38.2. The highest BCUT2D eigenvalue weighted by molar-refractivity contribution is 5.76. The molecule has 4 N–H and O–H groups in total. The van der Waals surface area contributed by atoms with E-state index in [0.717, 1.165) is 44.9 Å². The molecule has 0 aliphatic heterocycles. The number of aliphatic hydroxyl groups is 3. The maximum absolute atomic E-state index is 12.4. The normalized spacial score (nSPS) is 14.0. The first-order valence-electron chi connectivity index (χ1n) is 21.3. The van der Waals surface area contributed by atoms with E-state index in [2.05, 4.69) is 43.5 Å². The van der Waals surface area contributed by atoms with Crippen molar-refractivity contribution < 1.29 is 20.1 Å². The summed E-state index contributed by atoms with van der Waals surface area (Å²) in [6, 6.07) is -0.747. The van der Waals surface area contributed by atoms with Gasteiger partial charge in [-0.3, -0.25) is 4.79 Å². The van der Waals surface area contributed by atoms with E-state index < -0.39 is 18.2 Å². The highest BCUT2D eigenvalue weighted by Gasteiger charge is 2.20. The van der Waals surface area contributed by atoms with Gasteiger partial charge in [-0.2, -0.15) is 0 Å². The number of unbranched alkanes of at least 4 members (excludes halogenated alkanes) is 25. The van der Waals surface area contributed by atoms with Gasteiger partial charge in [-0.15, -0.1) is 0 Å². The van der Waals surface area contributed by atoms with Crippen molar-refractivity contribution in [3.8, 4) is 0 Å². The number of allylic oxidation sites excluding steroid dienone is 5. The van der Waals surface area contributed by atoms with E-state index in [-0.39, 0.29) is 18.9 Å². The number of rotatable bonds is 38. The summed E-state index contributed by atoms with van der Waals surface area (Å²) < 4.78 is 0. The average molecular weight is 690 g/mol. The lowest BCUT2D eigenvalue weighted by atomic mass is 10.0. The van der Waals surface area contributed by atoms with Crippen LogP contribution >= 0.6 is 0 Å². The molecule has 0 bridgehead atoms. The van der Waals surface area contributed by atoms with Gasteiger partial charge in [-0.05, 0) is 51.4 Å². The van der Waals surface area contributed by atoms with Crippen molar-refractivity contribution in [2.75, 3.05) is 6.61 Å². The molecule has 0 aromatic rings. The zero-order valence-electron chi connectivity index (χ0n) is 32.6. The molecule has 0 fully saturated rings. The standard InChI is InChI=1S/C44H83NO4/c1-3-5-7-9-11-13-15-17-18-19-20-21-22-23-24-26-27-29-31-33-35-37-41(47)39-44(49)45-42(40-46)43(48)38-36-34-32-30-28-25-16-14-12-10-8-6-4-2/h20-21,23-24,36,38,41-43,46-48H,3-19,22,25-35,37,39-40H2,1-2H3,(H,45,49)/b21-20-,24-23-,38-36+. The molecular formula is C44H83NO4. The van der Waals surface area contributed by atoms with Crippen LogP contribution in [-0.2, 0) is 4.79 Å². The Labute approximate surface area is 304 Å². The molecule has 0 saturated heterocycles. The third-order valence-corrected chi connectivity index (χ3v) is 9.67. The quantitative estimate of drug-likeness (QED) is 0.0384. The monoisotopic (exact) mass is 690 g/mol. The molecule has 0 rings (SSSR count). The van der Waals surface area contributed by atoms with Gasteiger partial charge >= 0.3 is 0 Å². The fourth-order valence-electron chi connectivity index (χ4n) is 6.37. The lowest BCUT2D eigenvalue weighted by Crippen LogP contribution is -2.45. The van der Waals surface area contributed by atoms with E-state index in [0.29, 0.717) is 6.42 Å². The summed E-state index contributed by atoms with van der Waals surface area (Å²) in [5, 5.41) is 33.1. The number of aliphatic hydroxyl groups excluding tert-OH is 3. The highest BCUT2D eigenvalue weighted by Crippen LogP contribution is 2.14. The highest BCUT2D eigenvalue weighted by atomic mass is 16.3. The van der Waals surface area contributed by atoms with E-state index in [1.807, 2.05) is 6.08 Å². The minimum Gasteiger partial charge on any atom is -0.394 e. The molecule has 0 heterocycles. The van der Waals surface area contributed by atoms with E-state index in [1.54, 1.807) is 6.08 Å². The van der Waals surface area contributed by atoms with Crippen LogP contribution in [0.1, 0.15) is 213 Å². The maximum atomic E-state index is 12.4. The van der Waals surface area contributed by atoms with Crippen LogP contribution in [-0.4, -0.2) is 46.1 Å². The van der Waals surface area contributed by atoms with E-state index >= 15 is 0 Å². The first-order chi connectivity index (χ1) is 24.0. The first-order valence-corrected chi connectivity index (χ1v) is 21.3. The molecule has 49 heavy (non-hydrogen) atoms. The summed E-state index contributed by atoms with van der Waals surface area (Å²) in [4.78, 5) is 12.4. The zero-order chi connectivity index (χ0) is 35.9. The van der Waals surface area contributed by atoms with Crippen molar-refractivity contribution in [1.82, 2.24) is 5.32 Å². The van der Waals surface area contributed by atoms with Crippen LogP contribution < -0.4 is 5.32 Å². The molecule has 0 spiro atoms. The van der Waals surface area contributed by atoms with Crippen LogP contribution in [0.4, 0.5) is 0 Å². The molecule has 3 unspecified atom stereocenters. The van der Waals surface area contributed by atoms with Crippen molar-refractivity contribution in [1.29, 1.82) is 0 Å². The van der Waals surface area contributed by atoms with Crippen molar-refractivity contribution >= 4 is 5.91 Å². The van der Waals surface area contributed by atoms with Gasteiger partial charge in [0.05, 0.1) is 31.3 Å². The summed E-state index contributed by atoms with van der Waals surface area (Å²) in [6.45, 7) is 4.20. The second-order valence-electron chi connectivity index (χ2n) is 14.6. The number of carbonyl (C=O) groups excluding carboxylic acids is 1. The smallest absolute Gasteiger partial charge is 0.222 e. The van der Waals surface area contributed by atoms with Gasteiger partial charge in [0.1, 0.15) is 0 Å². The number of hydrogen-bond donors (Lipinski definition) is 4. The SMILES string of the molecule is CCCCCCCCCCC/C=C\C/C=C\CCCCCCCC(O)CC(=O)NC(CO)C(O)/C=C/CCCCCCCCCCCCC. The van der Waals surface area contributed by atoms with Crippen molar-refractivity contribution in [3.05, 3.63) is 36.5 Å². The Morgan fingerprint density at radius 2 is 0.918 bits per heavy atom. The lowest BCUT2D eigenvalue weighted by molar-refractivity contribution is -0.124. The number of nitrogens with one attached hydrogen (secondary N) is 1. The number of carbonyl (C=O) groups is 1. The molecular weight excluding hydrogens is 606 g/mol. The van der Waals surface area contributed by atoms with Gasteiger partial charge in [0.15, 0.2) is 0 Å². The summed E-state index contributed by atoms with van der Waals surface area (Å²) in [5.74, 6) is -0.325. The van der Waals surface area contributed by atoms with Crippen LogP contribution in [0.2, 0.25) is 0 Å². The Bertz CT molecular complexity index is 764. The van der Waals surface area contributed by atoms with Crippen LogP contribution in [0, 0.1) is 0 Å². The summed E-state index contributed by atoms with van der Waals surface area (Å²) in [6.07, 6.45) is 48.5. The Hall–Kier alpha value is -1.43. The molecule has 0 saturated carbocycles. The summed E-state index contributed by atoms with van der Waals surface area (Å²) in [5.41, 5.74) is 0. The van der Waals surface area contributed by atoms with E-state index in [9.17, 15) is 20.1 Å². The van der Waals surface area contributed by atoms with Gasteiger partial charge in [-0.25, -0.2) is 0 Å². The van der Waals surface area contributed by atoms with Gasteiger partial charge in [0, 0.05) is 0 Å². The van der Waals surface area contributed by atoms with Crippen molar-refractivity contribution in [3.63, 3.8) is 0 Å². The molecule has 5 nitrogen and oxygen atoms in total. The molecule has 0 aromatic carbocycles. The van der Waals surface area contributed by atoms with Gasteiger partial charge in [-0.1, -0.05) is 192 Å². The molecule has 3 atom stereocenters. The fraction of sp³-hybridized carbons (Fsp3) is 0.841. The van der Waals surface area contributed by atoms with Gasteiger partial charge in [0.2, 0.25) is 5.91 Å². The van der Waals surface area contributed by atoms with Crippen LogP contribution in [0.5, 0.6) is 0 Å². The number of hydrogen-bond acceptors (Lipinski definition) is 4. The third-order valence-electron chi connectivity index (χ3n) is 9.67. The maximum Gasteiger partial charge on any atom is 0.222 e. The first kappa shape index (κ1) is 47.6. The van der Waals surface area contributed by atoms with Gasteiger partial charge < -0.3 is 20.6 Å². The predicted molar refractivity (Wildman–Crippen MR) is 213 cm³/mol. The molecule has 0 radical (unpaired) electrons. The molecule has 0 aliphatic carbocycles. The molecule has 0 aliphatic rings. The average Bonchev–Trinajstić information content (AvgIpc) is 3.09. The fourth-order valence-corrected chi connectivity index (χ4v) is 6.37. The van der Waals surface area contributed by atoms with E-state index in [4.69, 9.17) is 0 Å². The predicted octanol–water partition coefficient (Wildman–Crippen LogP) is 12.0. The minimum atomic E-state index is -0.931. The van der Waals surface area contributed by atoms with Crippen LogP contribution in [0.3, 0.4) is 0 Å². The Balaban J connectivity index is 3.70.